The zero-order valence-electron chi connectivity index (χ0n) is 20.8. The van der Waals surface area contributed by atoms with E-state index >= 15 is 0 Å². The Balaban J connectivity index is 1.22. The molecule has 1 aliphatic rings. The van der Waals surface area contributed by atoms with E-state index in [0.717, 1.165) is 42.0 Å². The molecule has 1 unspecified atom stereocenters. The maximum atomic E-state index is 12.8. The summed E-state index contributed by atoms with van der Waals surface area (Å²) in [6.45, 7) is 2.68. The van der Waals surface area contributed by atoms with Crippen molar-refractivity contribution < 1.29 is 18.8 Å². The molecule has 37 heavy (non-hydrogen) atoms. The molecule has 1 aliphatic heterocycles. The molecular weight excluding hydrogens is 535 g/mol. The number of likely N-dealkylation sites (tertiary alicyclic amines) is 1. The predicted molar refractivity (Wildman–Crippen MR) is 146 cm³/mol. The molecular formula is C26H30Cl2N4O4S. The molecule has 8 nitrogen and oxygen atoms in total. The summed E-state index contributed by atoms with van der Waals surface area (Å²) in [4.78, 5) is 19.5. The molecule has 0 saturated carbocycles. The topological polar surface area (TPSA) is 89.7 Å². The van der Waals surface area contributed by atoms with Crippen LogP contribution in [0.2, 0.25) is 10.0 Å². The fourth-order valence-corrected chi connectivity index (χ4v) is 5.35. The third-order valence-corrected chi connectivity index (χ3v) is 7.91. The van der Waals surface area contributed by atoms with Crippen molar-refractivity contribution in [2.45, 2.75) is 25.1 Å². The number of ether oxygens (including phenoxy) is 2. The van der Waals surface area contributed by atoms with Crippen LogP contribution in [-0.4, -0.2) is 60.6 Å². The van der Waals surface area contributed by atoms with Crippen LogP contribution < -0.4 is 14.8 Å². The lowest BCUT2D eigenvalue weighted by Gasteiger charge is -2.30. The van der Waals surface area contributed by atoms with Crippen LogP contribution in [0.5, 0.6) is 11.5 Å². The highest BCUT2D eigenvalue weighted by atomic mass is 35.5. The number of carbonyl (C=O) groups is 1. The number of nitrogens with zero attached hydrogens (tertiary/aromatic N) is 3. The molecule has 1 saturated heterocycles. The summed E-state index contributed by atoms with van der Waals surface area (Å²) < 4.78 is 16.1. The smallest absolute Gasteiger partial charge is 0.241 e. The van der Waals surface area contributed by atoms with Crippen LogP contribution in [0.1, 0.15) is 24.3 Å². The quantitative estimate of drug-likeness (QED) is 0.313. The van der Waals surface area contributed by atoms with Crippen LogP contribution >= 0.6 is 35.0 Å². The van der Waals surface area contributed by atoms with Crippen LogP contribution in [0.15, 0.2) is 40.9 Å². The molecule has 0 aliphatic carbocycles. The number of aromatic nitrogens is 2. The van der Waals surface area contributed by atoms with E-state index in [1.165, 1.54) is 0 Å². The molecule has 11 heteroatoms. The average molecular weight is 566 g/mol. The minimum atomic E-state index is -0.0536. The van der Waals surface area contributed by atoms with Gasteiger partial charge in [-0.25, -0.2) is 0 Å². The van der Waals surface area contributed by atoms with Crippen LogP contribution in [0.3, 0.4) is 0 Å². The number of amides is 1. The first kappa shape index (κ1) is 27.6. The second kappa shape index (κ2) is 13.4. The van der Waals surface area contributed by atoms with Crippen molar-refractivity contribution in [1.82, 2.24) is 20.4 Å². The number of hydrogen-bond donors (Lipinski definition) is 1. The lowest BCUT2D eigenvalue weighted by atomic mass is 9.97. The van der Waals surface area contributed by atoms with E-state index in [4.69, 9.17) is 37.2 Å². The van der Waals surface area contributed by atoms with E-state index in [-0.39, 0.29) is 11.8 Å². The van der Waals surface area contributed by atoms with E-state index < -0.39 is 0 Å². The van der Waals surface area contributed by atoms with Crippen LogP contribution in [0, 0.1) is 5.92 Å². The second-order valence-electron chi connectivity index (χ2n) is 8.75. The van der Waals surface area contributed by atoms with Gasteiger partial charge in [-0.05, 0) is 55.3 Å². The maximum absolute atomic E-state index is 12.8. The number of rotatable bonds is 11. The number of methoxy groups -OCH3 is 2. The molecule has 1 atom stereocenters. The first-order valence-corrected chi connectivity index (χ1v) is 13.9. The fraction of sp³-hybridized carbons (Fsp3) is 0.423. The van der Waals surface area contributed by atoms with Crippen molar-refractivity contribution >= 4 is 40.9 Å². The van der Waals surface area contributed by atoms with Gasteiger partial charge in [0.25, 0.3) is 0 Å². The zero-order valence-corrected chi connectivity index (χ0v) is 23.2. The van der Waals surface area contributed by atoms with Crippen molar-refractivity contribution in [3.63, 3.8) is 0 Å². The van der Waals surface area contributed by atoms with E-state index in [1.54, 1.807) is 26.0 Å². The Hall–Kier alpha value is -2.46. The normalized spacial score (nSPS) is 15.9. The number of piperidine rings is 1. The van der Waals surface area contributed by atoms with E-state index in [1.807, 2.05) is 36.4 Å². The van der Waals surface area contributed by atoms with Crippen molar-refractivity contribution in [2.24, 2.45) is 5.92 Å². The molecule has 1 amide bonds. The molecule has 0 bridgehead atoms. The number of benzene rings is 2. The van der Waals surface area contributed by atoms with Gasteiger partial charge >= 0.3 is 0 Å². The highest BCUT2D eigenvalue weighted by Gasteiger charge is 2.26. The van der Waals surface area contributed by atoms with Crippen LogP contribution in [0.4, 0.5) is 0 Å². The average Bonchev–Trinajstić information content (AvgIpc) is 3.38. The van der Waals surface area contributed by atoms with E-state index in [0.29, 0.717) is 52.9 Å². The Kier molecular flexibility index (Phi) is 9.96. The van der Waals surface area contributed by atoms with Gasteiger partial charge in [0.05, 0.1) is 36.7 Å². The first-order chi connectivity index (χ1) is 18.0. The largest absolute Gasteiger partial charge is 0.493 e. The van der Waals surface area contributed by atoms with Gasteiger partial charge in [-0.1, -0.05) is 34.4 Å². The standard InChI is InChI=1S/C26H30Cl2N4O4S/c1-34-22-8-6-18(13-23(22)35-2)25-30-24(36-31-25)15-32-10-3-4-19(14-32)26(33)29-9-11-37-16-17-5-7-20(27)21(28)12-17/h5-8,12-13,19H,3-4,9-11,14-16H2,1-2H3,(H,29,33). The Morgan fingerprint density at radius 3 is 2.78 bits per heavy atom. The van der Waals surface area contributed by atoms with Crippen molar-refractivity contribution in [3.05, 3.63) is 57.9 Å². The molecule has 0 spiro atoms. The van der Waals surface area contributed by atoms with Gasteiger partial charge in [0.1, 0.15) is 0 Å². The summed E-state index contributed by atoms with van der Waals surface area (Å²) >= 11 is 13.8. The Labute approximate surface area is 231 Å². The number of nitrogens with one attached hydrogen (secondary N) is 1. The van der Waals surface area contributed by atoms with Crippen molar-refractivity contribution in [3.8, 4) is 22.9 Å². The zero-order chi connectivity index (χ0) is 26.2. The van der Waals surface area contributed by atoms with E-state index in [2.05, 4.69) is 20.4 Å². The van der Waals surface area contributed by atoms with Gasteiger partial charge in [0.15, 0.2) is 11.5 Å². The SMILES string of the molecule is COc1ccc(-c2noc(CN3CCCC(C(=O)NCCSCc4ccc(Cl)c(Cl)c4)C3)n2)cc1OC. The summed E-state index contributed by atoms with van der Waals surface area (Å²) in [6, 6.07) is 11.1. The summed E-state index contributed by atoms with van der Waals surface area (Å²) in [7, 11) is 3.18. The molecule has 4 rings (SSSR count). The molecule has 1 N–H and O–H groups in total. The number of halogens is 2. The summed E-state index contributed by atoms with van der Waals surface area (Å²) in [5, 5.41) is 8.32. The minimum absolute atomic E-state index is 0.0536. The van der Waals surface area contributed by atoms with Gasteiger partial charge < -0.3 is 19.3 Å². The highest BCUT2D eigenvalue weighted by molar-refractivity contribution is 7.98. The second-order valence-corrected chi connectivity index (χ2v) is 10.7. The molecule has 2 heterocycles. The van der Waals surface area contributed by atoms with Gasteiger partial charge in [-0.15, -0.1) is 0 Å². The summed E-state index contributed by atoms with van der Waals surface area (Å²) in [5.74, 6) is 3.92. The monoisotopic (exact) mass is 564 g/mol. The van der Waals surface area contributed by atoms with Crippen LogP contribution in [0.25, 0.3) is 11.4 Å². The van der Waals surface area contributed by atoms with Crippen molar-refractivity contribution in [1.29, 1.82) is 0 Å². The molecule has 0 radical (unpaired) electrons. The summed E-state index contributed by atoms with van der Waals surface area (Å²) in [6.07, 6.45) is 1.82. The maximum Gasteiger partial charge on any atom is 0.241 e. The lowest BCUT2D eigenvalue weighted by molar-refractivity contribution is -0.126. The Morgan fingerprint density at radius 2 is 2.00 bits per heavy atom. The van der Waals surface area contributed by atoms with Gasteiger partial charge in [0, 0.05) is 30.2 Å². The Bertz CT molecular complexity index is 1210. The van der Waals surface area contributed by atoms with Gasteiger partial charge in [0.2, 0.25) is 17.6 Å². The predicted octanol–water partition coefficient (Wildman–Crippen LogP) is 5.32. The van der Waals surface area contributed by atoms with Gasteiger partial charge in [-0.3, -0.25) is 9.69 Å². The highest BCUT2D eigenvalue weighted by Crippen LogP contribution is 2.31. The lowest BCUT2D eigenvalue weighted by Crippen LogP contribution is -2.43. The van der Waals surface area contributed by atoms with Crippen LogP contribution in [-0.2, 0) is 17.1 Å². The molecule has 1 aromatic heterocycles. The molecule has 3 aromatic rings. The number of thioether (sulfide) groups is 1. The Morgan fingerprint density at radius 1 is 1.16 bits per heavy atom. The molecule has 1 fully saturated rings. The van der Waals surface area contributed by atoms with Crippen molar-refractivity contribution in [2.75, 3.05) is 39.6 Å². The minimum Gasteiger partial charge on any atom is -0.493 e. The molecule has 2 aromatic carbocycles. The van der Waals surface area contributed by atoms with E-state index in [9.17, 15) is 4.79 Å². The molecule has 198 valence electrons. The number of hydrogen-bond acceptors (Lipinski definition) is 8. The summed E-state index contributed by atoms with van der Waals surface area (Å²) in [5.41, 5.74) is 1.89. The first-order valence-electron chi connectivity index (χ1n) is 12.0. The fourth-order valence-electron chi connectivity index (χ4n) is 4.23. The van der Waals surface area contributed by atoms with Gasteiger partial charge in [-0.2, -0.15) is 16.7 Å². The third kappa shape index (κ3) is 7.54. The third-order valence-electron chi connectivity index (χ3n) is 6.14. The number of carbonyl (C=O) groups excluding carboxylic acids is 1.